The maximum Gasteiger partial charge on any atom is 0.166 e. The van der Waals surface area contributed by atoms with Crippen molar-refractivity contribution in [1.29, 1.82) is 0 Å². The van der Waals surface area contributed by atoms with Crippen LogP contribution in [0.25, 0.3) is 27.8 Å². The zero-order chi connectivity index (χ0) is 28.3. The van der Waals surface area contributed by atoms with E-state index in [1.807, 2.05) is 43.3 Å². The molecule has 3 aromatic rings. The third kappa shape index (κ3) is 7.77. The third-order valence-electron chi connectivity index (χ3n) is 8.29. The lowest BCUT2D eigenvalue weighted by molar-refractivity contribution is 0.423. The van der Waals surface area contributed by atoms with Crippen LogP contribution in [0.4, 0.5) is 13.2 Å². The minimum Gasteiger partial charge on any atom is -0.206 e. The van der Waals surface area contributed by atoms with Crippen LogP contribution in [0.15, 0.2) is 72.8 Å². The number of hydrogen-bond acceptors (Lipinski definition) is 0. The van der Waals surface area contributed by atoms with Gasteiger partial charge in [-0.25, -0.2) is 13.2 Å². The van der Waals surface area contributed by atoms with Crippen molar-refractivity contribution in [1.82, 2.24) is 0 Å². The smallest absolute Gasteiger partial charge is 0.166 e. The van der Waals surface area contributed by atoms with Crippen LogP contribution in [0.3, 0.4) is 0 Å². The van der Waals surface area contributed by atoms with E-state index in [0.29, 0.717) is 23.1 Å². The maximum atomic E-state index is 15.2. The third-order valence-corrected chi connectivity index (χ3v) is 8.29. The predicted molar refractivity (Wildman–Crippen MR) is 164 cm³/mol. The number of rotatable bonds is 13. The van der Waals surface area contributed by atoms with Gasteiger partial charge in [0.2, 0.25) is 0 Å². The van der Waals surface area contributed by atoms with E-state index in [1.54, 1.807) is 30.3 Å². The molecular formula is C37H43F3. The lowest BCUT2D eigenvalue weighted by Crippen LogP contribution is -2.06. The largest absolute Gasteiger partial charge is 0.206 e. The SMILES string of the molecule is CC=CCCCc1ccc(-c2ccc(-c3ccc(C4=CCC(CCCCCCC)CC4)c(F)c3)cc2)c(F)c1F. The summed E-state index contributed by atoms with van der Waals surface area (Å²) in [6, 6.07) is 16.0. The van der Waals surface area contributed by atoms with Gasteiger partial charge in [0.25, 0.3) is 0 Å². The number of unbranched alkanes of at least 4 members (excludes halogenated alkanes) is 5. The fraction of sp³-hybridized carbons (Fsp3) is 0.405. The van der Waals surface area contributed by atoms with Gasteiger partial charge in [0.1, 0.15) is 5.82 Å². The van der Waals surface area contributed by atoms with Gasteiger partial charge in [0.15, 0.2) is 11.6 Å². The van der Waals surface area contributed by atoms with Crippen LogP contribution >= 0.6 is 0 Å². The Hall–Kier alpha value is -3.07. The van der Waals surface area contributed by atoms with E-state index in [9.17, 15) is 8.78 Å². The summed E-state index contributed by atoms with van der Waals surface area (Å²) in [4.78, 5) is 0. The molecule has 0 fully saturated rings. The van der Waals surface area contributed by atoms with E-state index < -0.39 is 11.6 Å². The Morgan fingerprint density at radius 2 is 1.50 bits per heavy atom. The highest BCUT2D eigenvalue weighted by Gasteiger charge is 2.18. The van der Waals surface area contributed by atoms with E-state index in [1.165, 1.54) is 38.5 Å². The zero-order valence-corrected chi connectivity index (χ0v) is 24.1. The van der Waals surface area contributed by atoms with Crippen molar-refractivity contribution in [2.45, 2.75) is 90.9 Å². The molecule has 1 unspecified atom stereocenters. The molecule has 0 nitrogen and oxygen atoms in total. The first-order valence-corrected chi connectivity index (χ1v) is 15.2. The van der Waals surface area contributed by atoms with Crippen molar-refractivity contribution in [3.05, 3.63) is 101 Å². The first-order valence-electron chi connectivity index (χ1n) is 15.2. The van der Waals surface area contributed by atoms with Gasteiger partial charge in [-0.15, -0.1) is 0 Å². The van der Waals surface area contributed by atoms with Crippen LogP contribution in [0.2, 0.25) is 0 Å². The van der Waals surface area contributed by atoms with Gasteiger partial charge < -0.3 is 0 Å². The molecule has 0 bridgehead atoms. The Balaban J connectivity index is 1.39. The van der Waals surface area contributed by atoms with Crippen molar-refractivity contribution >= 4 is 5.57 Å². The molecule has 212 valence electrons. The summed E-state index contributed by atoms with van der Waals surface area (Å²) in [5.74, 6) is -1.06. The van der Waals surface area contributed by atoms with Gasteiger partial charge in [-0.2, -0.15) is 0 Å². The number of benzene rings is 3. The quantitative estimate of drug-likeness (QED) is 0.148. The average Bonchev–Trinajstić information content (AvgIpc) is 2.98. The Labute approximate surface area is 239 Å². The summed E-state index contributed by atoms with van der Waals surface area (Å²) in [7, 11) is 0. The van der Waals surface area contributed by atoms with Crippen LogP contribution in [0.1, 0.15) is 95.6 Å². The highest BCUT2D eigenvalue weighted by molar-refractivity contribution is 5.74. The van der Waals surface area contributed by atoms with Gasteiger partial charge in [0, 0.05) is 11.1 Å². The molecule has 3 heteroatoms. The molecule has 1 aliphatic rings. The first-order chi connectivity index (χ1) is 19.5. The molecule has 0 aromatic heterocycles. The molecule has 40 heavy (non-hydrogen) atoms. The normalized spacial score (nSPS) is 15.5. The zero-order valence-electron chi connectivity index (χ0n) is 24.1. The van der Waals surface area contributed by atoms with Crippen LogP contribution < -0.4 is 0 Å². The number of allylic oxidation sites excluding steroid dienone is 4. The standard InChI is InChI=1S/C37H43F3/c1-3-5-7-9-10-12-27-14-16-29(17-15-27)33-24-23-32(26-35(33)38)28-18-20-30(21-19-28)34-25-22-31(36(39)37(34)40)13-11-8-6-4-2/h4,6,16,18-27H,3,5,7-15,17H2,1-2H3. The van der Waals surface area contributed by atoms with Gasteiger partial charge >= 0.3 is 0 Å². The summed E-state index contributed by atoms with van der Waals surface area (Å²) in [5, 5.41) is 0. The maximum absolute atomic E-state index is 15.2. The summed E-state index contributed by atoms with van der Waals surface area (Å²) in [5.41, 5.74) is 4.68. The second-order valence-corrected chi connectivity index (χ2v) is 11.2. The Morgan fingerprint density at radius 3 is 2.20 bits per heavy atom. The fourth-order valence-electron chi connectivity index (χ4n) is 5.81. The lowest BCUT2D eigenvalue weighted by atomic mass is 9.83. The average molecular weight is 545 g/mol. The Morgan fingerprint density at radius 1 is 0.775 bits per heavy atom. The molecule has 0 N–H and O–H groups in total. The van der Waals surface area contributed by atoms with Gasteiger partial charge in [0.05, 0.1) is 0 Å². The minimum atomic E-state index is -0.814. The summed E-state index contributed by atoms with van der Waals surface area (Å²) in [6.45, 7) is 4.20. The topological polar surface area (TPSA) is 0 Å². The molecule has 0 radical (unpaired) electrons. The molecule has 0 saturated carbocycles. The second kappa shape index (κ2) is 15.1. The van der Waals surface area contributed by atoms with Crippen LogP contribution in [-0.2, 0) is 6.42 Å². The first kappa shape index (κ1) is 29.9. The molecule has 0 aliphatic heterocycles. The highest BCUT2D eigenvalue weighted by Crippen LogP contribution is 2.36. The monoisotopic (exact) mass is 544 g/mol. The molecule has 0 saturated heterocycles. The van der Waals surface area contributed by atoms with E-state index in [0.717, 1.165) is 54.7 Å². The minimum absolute atomic E-state index is 0.205. The molecule has 0 amide bonds. The number of hydrogen-bond donors (Lipinski definition) is 0. The molecule has 0 spiro atoms. The van der Waals surface area contributed by atoms with Gasteiger partial charge in [-0.1, -0.05) is 112 Å². The van der Waals surface area contributed by atoms with Crippen LogP contribution in [0.5, 0.6) is 0 Å². The lowest BCUT2D eigenvalue weighted by Gasteiger charge is -2.22. The second-order valence-electron chi connectivity index (χ2n) is 11.2. The van der Waals surface area contributed by atoms with E-state index >= 15 is 4.39 Å². The van der Waals surface area contributed by atoms with Crippen molar-refractivity contribution < 1.29 is 13.2 Å². The van der Waals surface area contributed by atoms with E-state index in [2.05, 4.69) is 13.0 Å². The van der Waals surface area contributed by atoms with Crippen molar-refractivity contribution in [3.8, 4) is 22.3 Å². The summed E-state index contributed by atoms with van der Waals surface area (Å²) >= 11 is 0. The predicted octanol–water partition coefficient (Wildman–Crippen LogP) is 11.9. The van der Waals surface area contributed by atoms with Crippen molar-refractivity contribution in [2.75, 3.05) is 0 Å². The number of halogens is 3. The highest BCUT2D eigenvalue weighted by atomic mass is 19.2. The number of aryl methyl sites for hydroxylation is 1. The van der Waals surface area contributed by atoms with Crippen molar-refractivity contribution in [3.63, 3.8) is 0 Å². The van der Waals surface area contributed by atoms with Gasteiger partial charge in [-0.3, -0.25) is 0 Å². The van der Waals surface area contributed by atoms with Gasteiger partial charge in [-0.05, 0) is 85.3 Å². The molecule has 4 rings (SSSR count). The summed E-state index contributed by atoms with van der Waals surface area (Å²) in [6.07, 6.45) is 19.3. The van der Waals surface area contributed by atoms with Crippen molar-refractivity contribution in [2.24, 2.45) is 5.92 Å². The molecule has 1 aliphatic carbocycles. The molecular weight excluding hydrogens is 501 g/mol. The van der Waals surface area contributed by atoms with E-state index in [4.69, 9.17) is 0 Å². The molecule has 3 aromatic carbocycles. The molecule has 1 atom stereocenters. The Bertz CT molecular complexity index is 1300. The summed E-state index contributed by atoms with van der Waals surface area (Å²) < 4.78 is 44.8. The molecule has 0 heterocycles. The van der Waals surface area contributed by atoms with Crippen LogP contribution in [0, 0.1) is 23.4 Å². The Kier molecular flexibility index (Phi) is 11.3. The van der Waals surface area contributed by atoms with E-state index in [-0.39, 0.29) is 11.4 Å². The fourth-order valence-corrected chi connectivity index (χ4v) is 5.81. The van der Waals surface area contributed by atoms with Crippen LogP contribution in [-0.4, -0.2) is 0 Å².